The first-order valence-corrected chi connectivity index (χ1v) is 7.70. The number of aliphatic imine (C=N–C) groups is 1. The smallest absolute Gasteiger partial charge is 0.161 e. The molecule has 1 N–H and O–H groups in total. The second kappa shape index (κ2) is 5.91. The molecule has 0 fully saturated rings. The normalized spacial score (nSPS) is 19.9. The standard InChI is InChI=1S/C13H17BrN2S/c1-3-11-4-5-17-13(15-11)16-12-7-9(2)6-10(14)8-12/h6-8,11H,3-5H2,1-2H3,(H,15,16). The lowest BCUT2D eigenvalue weighted by molar-refractivity contribution is 0.634. The van der Waals surface area contributed by atoms with Crippen molar-refractivity contribution in [2.45, 2.75) is 32.7 Å². The van der Waals surface area contributed by atoms with Crippen molar-refractivity contribution in [2.24, 2.45) is 4.99 Å². The van der Waals surface area contributed by atoms with Crippen LogP contribution in [-0.4, -0.2) is 17.0 Å². The molecular formula is C13H17BrN2S. The molecule has 0 saturated carbocycles. The van der Waals surface area contributed by atoms with Gasteiger partial charge in [0.05, 0.1) is 6.04 Å². The summed E-state index contributed by atoms with van der Waals surface area (Å²) < 4.78 is 1.11. The summed E-state index contributed by atoms with van der Waals surface area (Å²) in [5, 5.41) is 4.47. The zero-order valence-electron chi connectivity index (χ0n) is 10.2. The Balaban J connectivity index is 2.12. The maximum absolute atomic E-state index is 4.71. The molecule has 0 aromatic heterocycles. The fourth-order valence-corrected chi connectivity index (χ4v) is 3.46. The summed E-state index contributed by atoms with van der Waals surface area (Å²) in [5.74, 6) is 1.16. The fraction of sp³-hybridized carbons (Fsp3) is 0.462. The highest BCUT2D eigenvalue weighted by atomic mass is 79.9. The van der Waals surface area contributed by atoms with E-state index in [1.807, 2.05) is 11.8 Å². The number of nitrogens with one attached hydrogen (secondary N) is 1. The SMILES string of the molecule is CCC1CCSC(Nc2cc(C)cc(Br)c2)=N1. The monoisotopic (exact) mass is 312 g/mol. The fourth-order valence-electron chi connectivity index (χ4n) is 1.86. The average Bonchev–Trinajstić information content (AvgIpc) is 2.28. The molecule has 1 atom stereocenters. The van der Waals surface area contributed by atoms with Crippen LogP contribution in [0.3, 0.4) is 0 Å². The van der Waals surface area contributed by atoms with Gasteiger partial charge in [0.2, 0.25) is 0 Å². The molecule has 2 nitrogen and oxygen atoms in total. The molecule has 1 aromatic rings. The molecule has 1 aliphatic rings. The van der Waals surface area contributed by atoms with Gasteiger partial charge in [0, 0.05) is 15.9 Å². The van der Waals surface area contributed by atoms with Gasteiger partial charge in [0.1, 0.15) is 0 Å². The Morgan fingerprint density at radius 3 is 3.00 bits per heavy atom. The number of amidine groups is 1. The first-order valence-electron chi connectivity index (χ1n) is 5.92. The van der Waals surface area contributed by atoms with Crippen molar-refractivity contribution in [1.82, 2.24) is 0 Å². The van der Waals surface area contributed by atoms with Crippen LogP contribution in [-0.2, 0) is 0 Å². The maximum atomic E-state index is 4.71. The second-order valence-electron chi connectivity index (χ2n) is 4.28. The van der Waals surface area contributed by atoms with Gasteiger partial charge in [-0.3, -0.25) is 4.99 Å². The first kappa shape index (κ1) is 13.0. The van der Waals surface area contributed by atoms with Crippen LogP contribution in [0.2, 0.25) is 0 Å². The highest BCUT2D eigenvalue weighted by Gasteiger charge is 2.14. The molecule has 1 aliphatic heterocycles. The Kier molecular flexibility index (Phi) is 4.51. The zero-order valence-corrected chi connectivity index (χ0v) is 12.6. The molecule has 0 spiro atoms. The summed E-state index contributed by atoms with van der Waals surface area (Å²) in [6, 6.07) is 6.83. The van der Waals surface area contributed by atoms with Crippen molar-refractivity contribution in [3.8, 4) is 0 Å². The molecule has 1 unspecified atom stereocenters. The Hall–Kier alpha value is -0.480. The van der Waals surface area contributed by atoms with Crippen molar-refractivity contribution in [3.63, 3.8) is 0 Å². The van der Waals surface area contributed by atoms with E-state index < -0.39 is 0 Å². The third-order valence-corrected chi connectivity index (χ3v) is 4.13. The van der Waals surface area contributed by atoms with E-state index in [0.29, 0.717) is 6.04 Å². The summed E-state index contributed by atoms with van der Waals surface area (Å²) in [6.07, 6.45) is 2.33. The third kappa shape index (κ3) is 3.75. The van der Waals surface area contributed by atoms with Crippen molar-refractivity contribution in [2.75, 3.05) is 11.1 Å². The first-order chi connectivity index (χ1) is 8.17. The van der Waals surface area contributed by atoms with Crippen LogP contribution in [0.1, 0.15) is 25.3 Å². The van der Waals surface area contributed by atoms with Crippen LogP contribution in [0.4, 0.5) is 5.69 Å². The van der Waals surface area contributed by atoms with Gasteiger partial charge in [0.15, 0.2) is 5.17 Å². The lowest BCUT2D eigenvalue weighted by Crippen LogP contribution is -2.19. The number of hydrogen-bond acceptors (Lipinski definition) is 3. The number of thioether (sulfide) groups is 1. The summed E-state index contributed by atoms with van der Waals surface area (Å²) >= 11 is 5.33. The van der Waals surface area contributed by atoms with Crippen LogP contribution in [0.25, 0.3) is 0 Å². The highest BCUT2D eigenvalue weighted by molar-refractivity contribution is 9.10. The van der Waals surface area contributed by atoms with Crippen molar-refractivity contribution in [3.05, 3.63) is 28.2 Å². The minimum Gasteiger partial charge on any atom is -0.335 e. The number of nitrogens with zero attached hydrogens (tertiary/aromatic N) is 1. The lowest BCUT2D eigenvalue weighted by atomic mass is 10.2. The summed E-state index contributed by atoms with van der Waals surface area (Å²) in [5.41, 5.74) is 2.36. The molecule has 92 valence electrons. The molecule has 0 aliphatic carbocycles. The summed E-state index contributed by atoms with van der Waals surface area (Å²) in [6.45, 7) is 4.30. The molecule has 4 heteroatoms. The van der Waals surface area contributed by atoms with E-state index in [1.165, 1.54) is 12.0 Å². The average molecular weight is 313 g/mol. The van der Waals surface area contributed by atoms with Crippen LogP contribution in [0, 0.1) is 6.92 Å². The van der Waals surface area contributed by atoms with Crippen LogP contribution in [0.15, 0.2) is 27.7 Å². The van der Waals surface area contributed by atoms with Crippen molar-refractivity contribution < 1.29 is 0 Å². The molecule has 0 bridgehead atoms. The Morgan fingerprint density at radius 1 is 1.47 bits per heavy atom. The molecule has 0 radical (unpaired) electrons. The van der Waals surface area contributed by atoms with Crippen LogP contribution in [0.5, 0.6) is 0 Å². The molecule has 17 heavy (non-hydrogen) atoms. The Bertz CT molecular complexity index is 411. The summed E-state index contributed by atoms with van der Waals surface area (Å²) in [4.78, 5) is 4.71. The van der Waals surface area contributed by atoms with E-state index in [4.69, 9.17) is 4.99 Å². The quantitative estimate of drug-likeness (QED) is 0.873. The number of anilines is 1. The molecule has 0 saturated heterocycles. The minimum absolute atomic E-state index is 0.493. The van der Waals surface area contributed by atoms with E-state index in [2.05, 4.69) is 53.3 Å². The van der Waals surface area contributed by atoms with Crippen LogP contribution >= 0.6 is 27.7 Å². The lowest BCUT2D eigenvalue weighted by Gasteiger charge is -2.19. The van der Waals surface area contributed by atoms with Gasteiger partial charge in [-0.1, -0.05) is 34.6 Å². The van der Waals surface area contributed by atoms with Gasteiger partial charge >= 0.3 is 0 Å². The van der Waals surface area contributed by atoms with Gasteiger partial charge in [-0.2, -0.15) is 0 Å². The van der Waals surface area contributed by atoms with E-state index >= 15 is 0 Å². The largest absolute Gasteiger partial charge is 0.335 e. The van der Waals surface area contributed by atoms with Crippen LogP contribution < -0.4 is 5.32 Å². The Labute approximate surface area is 115 Å². The van der Waals surface area contributed by atoms with E-state index in [-0.39, 0.29) is 0 Å². The summed E-state index contributed by atoms with van der Waals surface area (Å²) in [7, 11) is 0. The number of hydrogen-bond donors (Lipinski definition) is 1. The predicted octanol–water partition coefficient (Wildman–Crippen LogP) is 4.44. The minimum atomic E-state index is 0.493. The predicted molar refractivity (Wildman–Crippen MR) is 81.1 cm³/mol. The molecule has 2 rings (SSSR count). The number of benzene rings is 1. The molecule has 0 amide bonds. The molecular weight excluding hydrogens is 296 g/mol. The number of halogens is 1. The van der Waals surface area contributed by atoms with E-state index in [0.717, 1.165) is 27.5 Å². The second-order valence-corrected chi connectivity index (χ2v) is 6.28. The van der Waals surface area contributed by atoms with Crippen molar-refractivity contribution >= 4 is 38.5 Å². The number of rotatable bonds is 2. The highest BCUT2D eigenvalue weighted by Crippen LogP contribution is 2.24. The van der Waals surface area contributed by atoms with Gasteiger partial charge in [0.25, 0.3) is 0 Å². The van der Waals surface area contributed by atoms with Gasteiger partial charge in [-0.25, -0.2) is 0 Å². The third-order valence-electron chi connectivity index (χ3n) is 2.75. The van der Waals surface area contributed by atoms with E-state index in [1.54, 1.807) is 0 Å². The van der Waals surface area contributed by atoms with Gasteiger partial charge < -0.3 is 5.32 Å². The van der Waals surface area contributed by atoms with Gasteiger partial charge in [-0.15, -0.1) is 0 Å². The zero-order chi connectivity index (χ0) is 12.3. The van der Waals surface area contributed by atoms with Gasteiger partial charge in [-0.05, 0) is 43.5 Å². The number of aryl methyl sites for hydroxylation is 1. The molecule has 1 heterocycles. The van der Waals surface area contributed by atoms with E-state index in [9.17, 15) is 0 Å². The molecule has 1 aromatic carbocycles. The van der Waals surface area contributed by atoms with Crippen molar-refractivity contribution in [1.29, 1.82) is 0 Å². The topological polar surface area (TPSA) is 24.4 Å². The maximum Gasteiger partial charge on any atom is 0.161 e. The Morgan fingerprint density at radius 2 is 2.29 bits per heavy atom.